The Bertz CT molecular complexity index is 1630. The van der Waals surface area contributed by atoms with Crippen molar-refractivity contribution in [2.45, 2.75) is 32.9 Å². The van der Waals surface area contributed by atoms with E-state index in [-0.39, 0.29) is 12.3 Å². The van der Waals surface area contributed by atoms with E-state index >= 15 is 0 Å². The Kier molecular flexibility index (Phi) is 7.41. The zero-order valence-corrected chi connectivity index (χ0v) is 21.9. The molecule has 0 saturated carbocycles. The molecule has 1 unspecified atom stereocenters. The second-order valence-electron chi connectivity index (χ2n) is 9.70. The molecular formula is C32H30N4O3. The third kappa shape index (κ3) is 5.99. The van der Waals surface area contributed by atoms with Gasteiger partial charge in [-0.25, -0.2) is 4.98 Å². The van der Waals surface area contributed by atoms with Gasteiger partial charge in [0, 0.05) is 23.9 Å². The molecule has 1 atom stereocenters. The lowest BCUT2D eigenvalue weighted by Gasteiger charge is -2.18. The maximum absolute atomic E-state index is 13.3. The number of carboxylic acid groups (broad SMARTS) is 1. The van der Waals surface area contributed by atoms with Gasteiger partial charge in [0.25, 0.3) is 5.91 Å². The van der Waals surface area contributed by atoms with Gasteiger partial charge in [0.2, 0.25) is 0 Å². The minimum Gasteiger partial charge on any atom is -0.481 e. The Labute approximate surface area is 227 Å². The fraction of sp³-hybridized carbons (Fsp3) is 0.156. The molecule has 39 heavy (non-hydrogen) atoms. The normalized spacial score (nSPS) is 11.7. The van der Waals surface area contributed by atoms with Crippen LogP contribution in [0, 0.1) is 13.8 Å². The molecular weight excluding hydrogens is 488 g/mol. The Balaban J connectivity index is 1.48. The van der Waals surface area contributed by atoms with Crippen LogP contribution in [0.5, 0.6) is 0 Å². The molecule has 5 rings (SSSR count). The molecule has 3 N–H and O–H groups in total. The molecule has 0 aliphatic carbocycles. The lowest BCUT2D eigenvalue weighted by Crippen LogP contribution is -2.30. The average Bonchev–Trinajstić information content (AvgIpc) is 3.30. The number of pyridine rings is 1. The van der Waals surface area contributed by atoms with Crippen molar-refractivity contribution < 1.29 is 14.7 Å². The van der Waals surface area contributed by atoms with Gasteiger partial charge in [-0.15, -0.1) is 0 Å². The van der Waals surface area contributed by atoms with Gasteiger partial charge in [0.05, 0.1) is 12.5 Å². The number of imidazole rings is 1. The molecule has 7 heteroatoms. The van der Waals surface area contributed by atoms with E-state index in [1.54, 1.807) is 12.1 Å². The molecule has 7 nitrogen and oxygen atoms in total. The number of hydrogen-bond donors (Lipinski definition) is 3. The fourth-order valence-electron chi connectivity index (χ4n) is 4.60. The van der Waals surface area contributed by atoms with Crippen LogP contribution in [0.15, 0.2) is 97.2 Å². The van der Waals surface area contributed by atoms with Crippen molar-refractivity contribution in [1.29, 1.82) is 0 Å². The lowest BCUT2D eigenvalue weighted by molar-refractivity contribution is -0.137. The molecule has 0 aliphatic heterocycles. The summed E-state index contributed by atoms with van der Waals surface area (Å²) in [6.45, 7) is 4.62. The maximum atomic E-state index is 13.3. The number of aryl methyl sites for hydroxylation is 2. The largest absolute Gasteiger partial charge is 0.481 e. The third-order valence-electron chi connectivity index (χ3n) is 6.65. The van der Waals surface area contributed by atoms with Crippen LogP contribution >= 0.6 is 0 Å². The molecule has 3 aromatic carbocycles. The number of aromatic nitrogens is 2. The van der Waals surface area contributed by atoms with Gasteiger partial charge in [-0.1, -0.05) is 83.9 Å². The number of carbonyl (C=O) groups is 2. The first-order valence-electron chi connectivity index (χ1n) is 12.8. The summed E-state index contributed by atoms with van der Waals surface area (Å²) in [6, 6.07) is 28.6. The first-order valence-corrected chi connectivity index (χ1v) is 12.8. The molecule has 2 heterocycles. The number of benzene rings is 3. The van der Waals surface area contributed by atoms with E-state index in [9.17, 15) is 14.7 Å². The van der Waals surface area contributed by atoms with E-state index < -0.39 is 12.0 Å². The van der Waals surface area contributed by atoms with Crippen molar-refractivity contribution in [3.05, 3.63) is 125 Å². The van der Waals surface area contributed by atoms with Crippen LogP contribution in [-0.2, 0) is 11.3 Å². The highest BCUT2D eigenvalue weighted by atomic mass is 16.4. The van der Waals surface area contributed by atoms with Crippen LogP contribution in [0.1, 0.15) is 45.1 Å². The number of carbonyl (C=O) groups excluding carboxylic acids is 1. The number of aliphatic carboxylic acids is 1. The molecule has 1 amide bonds. The summed E-state index contributed by atoms with van der Waals surface area (Å²) in [7, 11) is 0. The summed E-state index contributed by atoms with van der Waals surface area (Å²) >= 11 is 0. The highest BCUT2D eigenvalue weighted by molar-refractivity contribution is 5.96. The van der Waals surface area contributed by atoms with Crippen LogP contribution in [-0.4, -0.2) is 26.4 Å². The van der Waals surface area contributed by atoms with E-state index in [0.29, 0.717) is 17.8 Å². The number of fused-ring (bicyclic) bond motifs is 1. The van der Waals surface area contributed by atoms with Gasteiger partial charge in [-0.3, -0.25) is 14.0 Å². The van der Waals surface area contributed by atoms with Crippen LogP contribution in [0.4, 0.5) is 5.82 Å². The van der Waals surface area contributed by atoms with Crippen molar-refractivity contribution in [3.8, 4) is 11.3 Å². The second-order valence-corrected chi connectivity index (χ2v) is 9.70. The van der Waals surface area contributed by atoms with Crippen molar-refractivity contribution in [2.75, 3.05) is 5.32 Å². The van der Waals surface area contributed by atoms with E-state index in [2.05, 4.69) is 28.8 Å². The van der Waals surface area contributed by atoms with Gasteiger partial charge in [0.1, 0.15) is 17.2 Å². The van der Waals surface area contributed by atoms with E-state index in [0.717, 1.165) is 39.3 Å². The monoisotopic (exact) mass is 518 g/mol. The third-order valence-corrected chi connectivity index (χ3v) is 6.65. The molecule has 5 aromatic rings. The Morgan fingerprint density at radius 3 is 2.38 bits per heavy atom. The second kappa shape index (κ2) is 11.2. The topological polar surface area (TPSA) is 95.7 Å². The van der Waals surface area contributed by atoms with Crippen molar-refractivity contribution >= 4 is 23.3 Å². The zero-order valence-electron chi connectivity index (χ0n) is 21.9. The summed E-state index contributed by atoms with van der Waals surface area (Å²) in [4.78, 5) is 29.7. The SMILES string of the molecule is Cc1ccc(C(CC(=O)O)NC(=O)c2ccn3c(NCc4ccccc4)c(-c4cccc(C)c4)nc3c2)cc1. The standard InChI is InChI=1S/C32H30N4O3/c1-21-11-13-24(14-12-21)27(19-29(37)38)34-32(39)26-15-16-36-28(18-26)35-30(25-10-6-7-22(2)17-25)31(36)33-20-23-8-4-3-5-9-23/h3-18,27,33H,19-20H2,1-2H3,(H,34,39)(H,37,38). The number of carboxylic acids is 1. The molecule has 2 aromatic heterocycles. The van der Waals surface area contributed by atoms with Crippen LogP contribution in [0.25, 0.3) is 16.9 Å². The first-order chi connectivity index (χ1) is 18.9. The summed E-state index contributed by atoms with van der Waals surface area (Å²) < 4.78 is 1.94. The fourth-order valence-corrected chi connectivity index (χ4v) is 4.60. The quantitative estimate of drug-likeness (QED) is 0.217. The first kappa shape index (κ1) is 25.7. The molecule has 0 bridgehead atoms. The summed E-state index contributed by atoms with van der Waals surface area (Å²) in [5, 5.41) is 15.9. The van der Waals surface area contributed by atoms with E-state index in [1.807, 2.05) is 85.1 Å². The lowest BCUT2D eigenvalue weighted by atomic mass is 10.0. The number of nitrogens with one attached hydrogen (secondary N) is 2. The molecule has 0 radical (unpaired) electrons. The number of hydrogen-bond acceptors (Lipinski definition) is 4. The van der Waals surface area contributed by atoms with Crippen LogP contribution < -0.4 is 10.6 Å². The van der Waals surface area contributed by atoms with Crippen molar-refractivity contribution in [3.63, 3.8) is 0 Å². The predicted molar refractivity (Wildman–Crippen MR) is 153 cm³/mol. The number of amides is 1. The smallest absolute Gasteiger partial charge is 0.305 e. The molecule has 0 fully saturated rings. The van der Waals surface area contributed by atoms with Gasteiger partial charge in [0.15, 0.2) is 0 Å². The highest BCUT2D eigenvalue weighted by Gasteiger charge is 2.21. The van der Waals surface area contributed by atoms with Gasteiger partial charge < -0.3 is 15.7 Å². The number of rotatable bonds is 9. The Morgan fingerprint density at radius 2 is 1.67 bits per heavy atom. The minimum atomic E-state index is -0.985. The van der Waals surface area contributed by atoms with Crippen LogP contribution in [0.2, 0.25) is 0 Å². The predicted octanol–water partition coefficient (Wildman–Crippen LogP) is 6.18. The maximum Gasteiger partial charge on any atom is 0.305 e. The molecule has 196 valence electrons. The Morgan fingerprint density at radius 1 is 0.897 bits per heavy atom. The molecule has 0 aliphatic rings. The van der Waals surface area contributed by atoms with E-state index in [1.165, 1.54) is 0 Å². The summed E-state index contributed by atoms with van der Waals surface area (Å²) in [5.74, 6) is -0.514. The molecule has 0 saturated heterocycles. The summed E-state index contributed by atoms with van der Waals surface area (Å²) in [5.41, 5.74) is 6.84. The summed E-state index contributed by atoms with van der Waals surface area (Å²) in [6.07, 6.45) is 1.60. The highest BCUT2D eigenvalue weighted by Crippen LogP contribution is 2.30. The van der Waals surface area contributed by atoms with Gasteiger partial charge >= 0.3 is 5.97 Å². The van der Waals surface area contributed by atoms with Crippen LogP contribution in [0.3, 0.4) is 0 Å². The van der Waals surface area contributed by atoms with Crippen molar-refractivity contribution in [2.24, 2.45) is 0 Å². The van der Waals surface area contributed by atoms with Crippen molar-refractivity contribution in [1.82, 2.24) is 14.7 Å². The zero-order chi connectivity index (χ0) is 27.4. The van der Waals surface area contributed by atoms with E-state index in [4.69, 9.17) is 4.98 Å². The van der Waals surface area contributed by atoms with Gasteiger partial charge in [-0.2, -0.15) is 0 Å². The average molecular weight is 519 g/mol. The number of nitrogens with zero attached hydrogens (tertiary/aromatic N) is 2. The van der Waals surface area contributed by atoms with Gasteiger partial charge in [-0.05, 0) is 43.2 Å². The molecule has 0 spiro atoms. The Hall–Kier alpha value is -4.91. The number of anilines is 1. The minimum absolute atomic E-state index is 0.217.